The molecule has 0 radical (unpaired) electrons. The molecular formula is C15H12ClF2I. The fraction of sp³-hybridized carbons (Fsp3) is 0.200. The van der Waals surface area contributed by atoms with Crippen molar-refractivity contribution in [3.63, 3.8) is 0 Å². The van der Waals surface area contributed by atoms with E-state index in [1.165, 1.54) is 19.1 Å². The van der Waals surface area contributed by atoms with E-state index in [9.17, 15) is 8.78 Å². The van der Waals surface area contributed by atoms with Crippen LogP contribution in [0.5, 0.6) is 0 Å². The number of aryl methyl sites for hydroxylation is 2. The van der Waals surface area contributed by atoms with Gasteiger partial charge in [0.1, 0.15) is 11.6 Å². The summed E-state index contributed by atoms with van der Waals surface area (Å²) in [4.78, 5) is 0. The van der Waals surface area contributed by atoms with Crippen molar-refractivity contribution in [3.05, 3.63) is 67.8 Å². The van der Waals surface area contributed by atoms with Gasteiger partial charge in [0.2, 0.25) is 0 Å². The van der Waals surface area contributed by atoms with Crippen LogP contribution in [-0.2, 0) is 0 Å². The normalized spacial score (nSPS) is 12.5. The first-order valence-corrected chi connectivity index (χ1v) is 7.28. The average Bonchev–Trinajstić information content (AvgIpc) is 2.36. The van der Waals surface area contributed by atoms with Gasteiger partial charge in [-0.15, -0.1) is 11.6 Å². The van der Waals surface area contributed by atoms with Crippen LogP contribution in [0.3, 0.4) is 0 Å². The average molecular weight is 393 g/mol. The zero-order valence-corrected chi connectivity index (χ0v) is 13.4. The van der Waals surface area contributed by atoms with Gasteiger partial charge < -0.3 is 0 Å². The summed E-state index contributed by atoms with van der Waals surface area (Å²) < 4.78 is 28.5. The molecule has 0 bridgehead atoms. The Balaban J connectivity index is 2.53. The molecule has 2 rings (SSSR count). The Morgan fingerprint density at radius 1 is 1.00 bits per heavy atom. The highest BCUT2D eigenvalue weighted by atomic mass is 127. The van der Waals surface area contributed by atoms with Crippen LogP contribution in [0.4, 0.5) is 8.78 Å². The molecule has 0 N–H and O–H groups in total. The summed E-state index contributed by atoms with van der Waals surface area (Å²) in [7, 11) is 0. The highest BCUT2D eigenvalue weighted by Crippen LogP contribution is 2.35. The highest BCUT2D eigenvalue weighted by molar-refractivity contribution is 14.1. The molecule has 2 aromatic carbocycles. The molecule has 0 amide bonds. The Bertz CT molecular complexity index is 626. The molecule has 19 heavy (non-hydrogen) atoms. The Kier molecular flexibility index (Phi) is 4.46. The Labute approximate surface area is 129 Å². The van der Waals surface area contributed by atoms with Gasteiger partial charge in [-0.3, -0.25) is 0 Å². The third kappa shape index (κ3) is 2.92. The molecule has 0 saturated heterocycles. The fourth-order valence-electron chi connectivity index (χ4n) is 1.89. The van der Waals surface area contributed by atoms with Crippen LogP contribution in [0.25, 0.3) is 0 Å². The van der Waals surface area contributed by atoms with E-state index in [2.05, 4.69) is 22.6 Å². The second kappa shape index (κ2) is 5.75. The number of halogens is 4. The second-order valence-corrected chi connectivity index (χ2v) is 5.98. The van der Waals surface area contributed by atoms with E-state index >= 15 is 0 Å². The van der Waals surface area contributed by atoms with Crippen molar-refractivity contribution in [3.8, 4) is 0 Å². The molecule has 0 aliphatic rings. The van der Waals surface area contributed by atoms with Gasteiger partial charge in [0.05, 0.1) is 5.38 Å². The number of alkyl halides is 1. The van der Waals surface area contributed by atoms with Crippen molar-refractivity contribution in [1.29, 1.82) is 0 Å². The highest BCUT2D eigenvalue weighted by Gasteiger charge is 2.20. The van der Waals surface area contributed by atoms with Crippen molar-refractivity contribution < 1.29 is 8.78 Å². The summed E-state index contributed by atoms with van der Waals surface area (Å²) in [5.74, 6) is -0.916. The first kappa shape index (κ1) is 14.7. The maximum absolute atomic E-state index is 13.9. The second-order valence-electron chi connectivity index (χ2n) is 4.46. The third-order valence-electron chi connectivity index (χ3n) is 3.05. The van der Waals surface area contributed by atoms with Gasteiger partial charge in [0, 0.05) is 9.13 Å². The minimum atomic E-state index is -0.693. The minimum Gasteiger partial charge on any atom is -0.207 e. The summed E-state index contributed by atoms with van der Waals surface area (Å²) in [6.07, 6.45) is 0. The minimum absolute atomic E-state index is 0.174. The number of hydrogen-bond donors (Lipinski definition) is 0. The SMILES string of the molecule is Cc1cc(F)c(C(Cl)c2cccc(C)c2I)cc1F. The number of hydrogen-bond acceptors (Lipinski definition) is 0. The maximum Gasteiger partial charge on any atom is 0.128 e. The zero-order chi connectivity index (χ0) is 14.2. The van der Waals surface area contributed by atoms with Gasteiger partial charge in [0.25, 0.3) is 0 Å². The van der Waals surface area contributed by atoms with Crippen LogP contribution in [0, 0.1) is 29.1 Å². The van der Waals surface area contributed by atoms with E-state index in [-0.39, 0.29) is 11.1 Å². The fourth-order valence-corrected chi connectivity index (χ4v) is 3.09. The van der Waals surface area contributed by atoms with Gasteiger partial charge in [0.15, 0.2) is 0 Å². The molecule has 0 aromatic heterocycles. The standard InChI is InChI=1S/C15H12ClF2I/c1-8-4-3-5-10(15(8)19)14(16)11-7-12(17)9(2)6-13(11)18/h3-7,14H,1-2H3. The van der Waals surface area contributed by atoms with Crippen molar-refractivity contribution in [2.45, 2.75) is 19.2 Å². The van der Waals surface area contributed by atoms with Crippen molar-refractivity contribution >= 4 is 34.2 Å². The predicted molar refractivity (Wildman–Crippen MR) is 82.7 cm³/mol. The third-order valence-corrected chi connectivity index (χ3v) is 4.99. The van der Waals surface area contributed by atoms with E-state index < -0.39 is 17.0 Å². The zero-order valence-electron chi connectivity index (χ0n) is 10.5. The maximum atomic E-state index is 13.9. The molecule has 0 saturated carbocycles. The van der Waals surface area contributed by atoms with Gasteiger partial charge >= 0.3 is 0 Å². The van der Waals surface area contributed by atoms with E-state index in [1.807, 2.05) is 25.1 Å². The quantitative estimate of drug-likeness (QED) is 0.467. The first-order chi connectivity index (χ1) is 8.91. The lowest BCUT2D eigenvalue weighted by molar-refractivity contribution is 0.580. The monoisotopic (exact) mass is 392 g/mol. The molecule has 0 aliphatic heterocycles. The molecular weight excluding hydrogens is 381 g/mol. The van der Waals surface area contributed by atoms with Crippen LogP contribution >= 0.6 is 34.2 Å². The summed E-state index contributed by atoms with van der Waals surface area (Å²) in [6, 6.07) is 8.03. The van der Waals surface area contributed by atoms with E-state index in [4.69, 9.17) is 11.6 Å². The number of rotatable bonds is 2. The van der Waals surface area contributed by atoms with Crippen LogP contribution in [0.1, 0.15) is 27.6 Å². The molecule has 0 fully saturated rings. The predicted octanol–water partition coefficient (Wildman–Crippen LogP) is 5.51. The van der Waals surface area contributed by atoms with E-state index in [1.54, 1.807) is 0 Å². The number of benzene rings is 2. The van der Waals surface area contributed by atoms with Gasteiger partial charge in [-0.25, -0.2) is 8.78 Å². The molecule has 1 unspecified atom stereocenters. The summed E-state index contributed by atoms with van der Waals surface area (Å²) in [5, 5.41) is -0.693. The molecule has 0 nitrogen and oxygen atoms in total. The topological polar surface area (TPSA) is 0 Å². The van der Waals surface area contributed by atoms with Gasteiger partial charge in [-0.2, -0.15) is 0 Å². The summed E-state index contributed by atoms with van der Waals surface area (Å²) >= 11 is 8.50. The Morgan fingerprint density at radius 2 is 1.68 bits per heavy atom. The molecule has 1 atom stereocenters. The van der Waals surface area contributed by atoms with Crippen LogP contribution in [0.15, 0.2) is 30.3 Å². The molecule has 2 aromatic rings. The Hall–Kier alpha value is -0.680. The van der Waals surface area contributed by atoms with Crippen LogP contribution in [0.2, 0.25) is 0 Å². The largest absolute Gasteiger partial charge is 0.207 e. The lowest BCUT2D eigenvalue weighted by Crippen LogP contribution is -2.02. The van der Waals surface area contributed by atoms with Crippen LogP contribution < -0.4 is 0 Å². The van der Waals surface area contributed by atoms with Gasteiger partial charge in [-0.1, -0.05) is 18.2 Å². The lowest BCUT2D eigenvalue weighted by atomic mass is 10.0. The molecule has 0 aliphatic carbocycles. The summed E-state index contributed by atoms with van der Waals surface area (Å²) in [6.45, 7) is 3.49. The first-order valence-electron chi connectivity index (χ1n) is 5.76. The molecule has 100 valence electrons. The smallest absolute Gasteiger partial charge is 0.128 e. The van der Waals surface area contributed by atoms with E-state index in [0.29, 0.717) is 0 Å². The van der Waals surface area contributed by atoms with Crippen molar-refractivity contribution in [2.24, 2.45) is 0 Å². The van der Waals surface area contributed by atoms with E-state index in [0.717, 1.165) is 14.7 Å². The Morgan fingerprint density at radius 3 is 2.37 bits per heavy atom. The van der Waals surface area contributed by atoms with Crippen molar-refractivity contribution in [2.75, 3.05) is 0 Å². The van der Waals surface area contributed by atoms with Crippen LogP contribution in [-0.4, -0.2) is 0 Å². The lowest BCUT2D eigenvalue weighted by Gasteiger charge is -2.15. The molecule has 0 spiro atoms. The molecule has 0 heterocycles. The van der Waals surface area contributed by atoms with Gasteiger partial charge in [-0.05, 0) is 65.3 Å². The summed E-state index contributed by atoms with van der Waals surface area (Å²) in [5.41, 5.74) is 2.32. The van der Waals surface area contributed by atoms with Crippen molar-refractivity contribution in [1.82, 2.24) is 0 Å². The molecule has 4 heteroatoms.